The molecular weight excluding hydrogens is 322 g/mol. The maximum Gasteiger partial charge on any atom is 0.435 e. The molecule has 0 bridgehead atoms. The maximum atomic E-state index is 13.7. The molecule has 0 fully saturated rings. The van der Waals surface area contributed by atoms with E-state index in [9.17, 15) is 17.6 Å². The molecule has 2 aromatic rings. The Labute approximate surface area is 130 Å². The molecule has 3 nitrogen and oxygen atoms in total. The van der Waals surface area contributed by atoms with E-state index in [2.05, 4.69) is 10.4 Å². The van der Waals surface area contributed by atoms with Crippen molar-refractivity contribution < 1.29 is 17.6 Å². The Morgan fingerprint density at radius 1 is 1.23 bits per heavy atom. The van der Waals surface area contributed by atoms with Crippen molar-refractivity contribution in [2.24, 2.45) is 0 Å². The van der Waals surface area contributed by atoms with Gasteiger partial charge in [-0.1, -0.05) is 18.2 Å². The molecule has 1 aliphatic heterocycles. The number of nitrogens with one attached hydrogen (secondary N) is 1. The zero-order valence-corrected chi connectivity index (χ0v) is 12.3. The highest BCUT2D eigenvalue weighted by molar-refractivity contribution is 5.85. The summed E-state index contributed by atoms with van der Waals surface area (Å²) in [6.07, 6.45) is -4.21. The predicted molar refractivity (Wildman–Crippen MR) is 75.4 cm³/mol. The van der Waals surface area contributed by atoms with Gasteiger partial charge in [0, 0.05) is 17.7 Å². The van der Waals surface area contributed by atoms with Crippen molar-refractivity contribution in [1.82, 2.24) is 15.1 Å². The van der Waals surface area contributed by atoms with E-state index in [0.29, 0.717) is 24.3 Å². The van der Waals surface area contributed by atoms with Crippen LogP contribution in [0, 0.1) is 5.82 Å². The zero-order chi connectivity index (χ0) is 15.0. The Balaban J connectivity index is 0.00000176. The highest BCUT2D eigenvalue weighted by atomic mass is 35.5. The van der Waals surface area contributed by atoms with Crippen LogP contribution in [-0.4, -0.2) is 16.3 Å². The molecule has 0 saturated carbocycles. The van der Waals surface area contributed by atoms with Gasteiger partial charge >= 0.3 is 6.18 Å². The quantitative estimate of drug-likeness (QED) is 0.854. The maximum absolute atomic E-state index is 13.7. The lowest BCUT2D eigenvalue weighted by atomic mass is 10.1. The number of halogens is 5. The zero-order valence-electron chi connectivity index (χ0n) is 11.5. The van der Waals surface area contributed by atoms with E-state index in [1.165, 1.54) is 10.7 Å². The molecule has 0 aliphatic carbocycles. The fraction of sp³-hybridized carbons (Fsp3) is 0.357. The topological polar surface area (TPSA) is 29.9 Å². The molecule has 1 aliphatic rings. The summed E-state index contributed by atoms with van der Waals surface area (Å²) in [6, 6.07) is 6.03. The molecule has 0 atom stereocenters. The Morgan fingerprint density at radius 2 is 1.95 bits per heavy atom. The van der Waals surface area contributed by atoms with Gasteiger partial charge in [-0.25, -0.2) is 4.39 Å². The third-order valence-electron chi connectivity index (χ3n) is 3.56. The van der Waals surface area contributed by atoms with Crippen LogP contribution in [0.3, 0.4) is 0 Å². The van der Waals surface area contributed by atoms with E-state index in [1.807, 2.05) is 0 Å². The normalized spacial score (nSPS) is 14.4. The second-order valence-electron chi connectivity index (χ2n) is 4.95. The number of benzene rings is 1. The number of hydrogen-bond acceptors (Lipinski definition) is 2. The fourth-order valence-electron chi connectivity index (χ4n) is 2.56. The van der Waals surface area contributed by atoms with Gasteiger partial charge in [-0.05, 0) is 19.0 Å². The third-order valence-corrected chi connectivity index (χ3v) is 3.56. The first-order valence-electron chi connectivity index (χ1n) is 6.56. The average Bonchev–Trinajstić information content (AvgIpc) is 2.81. The monoisotopic (exact) mass is 335 g/mol. The molecular formula is C14H14ClF4N3. The minimum Gasteiger partial charge on any atom is -0.311 e. The van der Waals surface area contributed by atoms with Crippen molar-refractivity contribution in [2.45, 2.75) is 25.7 Å². The molecule has 1 aromatic heterocycles. The van der Waals surface area contributed by atoms with Gasteiger partial charge in [-0.2, -0.15) is 18.3 Å². The summed E-state index contributed by atoms with van der Waals surface area (Å²) in [5.41, 5.74) is 0.173. The number of fused-ring (bicyclic) bond motifs is 1. The van der Waals surface area contributed by atoms with E-state index in [4.69, 9.17) is 0 Å². The van der Waals surface area contributed by atoms with E-state index in [-0.39, 0.29) is 30.9 Å². The molecule has 3 rings (SSSR count). The molecule has 1 N–H and O–H groups in total. The van der Waals surface area contributed by atoms with Crippen LogP contribution >= 0.6 is 12.4 Å². The molecule has 22 heavy (non-hydrogen) atoms. The minimum absolute atomic E-state index is 0. The Kier molecular flexibility index (Phi) is 4.77. The van der Waals surface area contributed by atoms with Gasteiger partial charge in [0.05, 0.1) is 12.2 Å². The number of alkyl halides is 3. The van der Waals surface area contributed by atoms with E-state index in [1.54, 1.807) is 18.2 Å². The summed E-state index contributed by atoms with van der Waals surface area (Å²) in [6.45, 7) is 0.793. The van der Waals surface area contributed by atoms with Crippen molar-refractivity contribution >= 4 is 12.4 Å². The van der Waals surface area contributed by atoms with Crippen LogP contribution in [0.25, 0.3) is 0 Å². The minimum atomic E-state index is -4.48. The largest absolute Gasteiger partial charge is 0.435 e. The lowest BCUT2D eigenvalue weighted by molar-refractivity contribution is -0.142. The summed E-state index contributed by atoms with van der Waals surface area (Å²) >= 11 is 0. The third kappa shape index (κ3) is 3.10. The number of hydrogen-bond donors (Lipinski definition) is 1. The molecule has 0 radical (unpaired) electrons. The van der Waals surface area contributed by atoms with Crippen LogP contribution in [-0.2, 0) is 25.7 Å². The van der Waals surface area contributed by atoms with Crippen LogP contribution in [0.1, 0.15) is 22.5 Å². The van der Waals surface area contributed by atoms with Crippen molar-refractivity contribution in [1.29, 1.82) is 0 Å². The van der Waals surface area contributed by atoms with Crippen LogP contribution < -0.4 is 5.32 Å². The van der Waals surface area contributed by atoms with Crippen LogP contribution in [0.4, 0.5) is 17.6 Å². The molecule has 8 heteroatoms. The van der Waals surface area contributed by atoms with Gasteiger partial charge < -0.3 is 5.32 Å². The predicted octanol–water partition coefficient (Wildman–Crippen LogP) is 3.16. The summed E-state index contributed by atoms with van der Waals surface area (Å²) in [5.74, 6) is -0.445. The summed E-state index contributed by atoms with van der Waals surface area (Å²) in [7, 11) is 0. The summed E-state index contributed by atoms with van der Waals surface area (Å²) in [5, 5.41) is 6.71. The van der Waals surface area contributed by atoms with E-state index >= 15 is 0 Å². The van der Waals surface area contributed by atoms with Gasteiger partial charge in [-0.3, -0.25) is 4.68 Å². The second kappa shape index (κ2) is 6.26. The van der Waals surface area contributed by atoms with Gasteiger partial charge in [0.15, 0.2) is 5.69 Å². The highest BCUT2D eigenvalue weighted by Crippen LogP contribution is 2.34. The first-order valence-corrected chi connectivity index (χ1v) is 6.56. The van der Waals surface area contributed by atoms with Crippen molar-refractivity contribution in [3.63, 3.8) is 0 Å². The number of nitrogens with zero attached hydrogens (tertiary/aromatic N) is 2. The lowest BCUT2D eigenvalue weighted by Gasteiger charge is -2.16. The SMILES string of the molecule is Cl.Fc1ccccc1Cn1nc(C(F)(F)F)c2c1CNCC2. The van der Waals surface area contributed by atoms with Gasteiger partial charge in [-0.15, -0.1) is 12.4 Å². The highest BCUT2D eigenvalue weighted by Gasteiger charge is 2.39. The molecule has 1 aromatic carbocycles. The smallest absolute Gasteiger partial charge is 0.311 e. The molecule has 0 unspecified atom stereocenters. The van der Waals surface area contributed by atoms with Gasteiger partial charge in [0.1, 0.15) is 5.82 Å². The van der Waals surface area contributed by atoms with Gasteiger partial charge in [0.25, 0.3) is 0 Å². The van der Waals surface area contributed by atoms with Gasteiger partial charge in [0.2, 0.25) is 0 Å². The van der Waals surface area contributed by atoms with E-state index < -0.39 is 17.7 Å². The molecule has 120 valence electrons. The lowest BCUT2D eigenvalue weighted by Crippen LogP contribution is -2.26. The van der Waals surface area contributed by atoms with Crippen molar-refractivity contribution in [3.05, 3.63) is 52.6 Å². The Bertz CT molecular complexity index is 667. The van der Waals surface area contributed by atoms with Crippen LogP contribution in [0.2, 0.25) is 0 Å². The molecule has 0 spiro atoms. The van der Waals surface area contributed by atoms with Crippen molar-refractivity contribution in [3.8, 4) is 0 Å². The summed E-state index contributed by atoms with van der Waals surface area (Å²) in [4.78, 5) is 0. The number of rotatable bonds is 2. The standard InChI is InChI=1S/C14H13F4N3.ClH/c15-11-4-2-1-3-9(11)8-21-12-7-19-6-5-10(12)13(20-21)14(16,17)18;/h1-4,19H,5-8H2;1H. The van der Waals surface area contributed by atoms with E-state index in [0.717, 1.165) is 0 Å². The Morgan fingerprint density at radius 3 is 2.64 bits per heavy atom. The van der Waals surface area contributed by atoms with Crippen molar-refractivity contribution in [2.75, 3.05) is 6.54 Å². The van der Waals surface area contributed by atoms with Crippen LogP contribution in [0.5, 0.6) is 0 Å². The number of aromatic nitrogens is 2. The molecule has 2 heterocycles. The van der Waals surface area contributed by atoms with Crippen LogP contribution in [0.15, 0.2) is 24.3 Å². The average molecular weight is 336 g/mol. The summed E-state index contributed by atoms with van der Waals surface area (Å²) < 4.78 is 54.0. The second-order valence-corrected chi connectivity index (χ2v) is 4.95. The molecule has 0 amide bonds. The fourth-order valence-corrected chi connectivity index (χ4v) is 2.56. The molecule has 0 saturated heterocycles. The first kappa shape index (κ1) is 16.8. The first-order chi connectivity index (χ1) is 9.97. The Hall–Kier alpha value is -1.60.